The van der Waals surface area contributed by atoms with Gasteiger partial charge in [0, 0.05) is 0 Å². The van der Waals surface area contributed by atoms with Crippen molar-refractivity contribution >= 4 is 16.9 Å². The van der Waals surface area contributed by atoms with Crippen LogP contribution in [0.5, 0.6) is 0 Å². The van der Waals surface area contributed by atoms with Crippen LogP contribution in [0.2, 0.25) is 0 Å². The van der Waals surface area contributed by atoms with Gasteiger partial charge in [-0.1, -0.05) is 6.07 Å². The SMILES string of the molecule is COC(=O)c1cccc2[nH]nc(C#N)c12. The van der Waals surface area contributed by atoms with Crippen molar-refractivity contribution in [2.75, 3.05) is 7.11 Å². The second-order valence-electron chi connectivity index (χ2n) is 2.90. The Hall–Kier alpha value is -2.35. The molecular weight excluding hydrogens is 194 g/mol. The highest BCUT2D eigenvalue weighted by Crippen LogP contribution is 2.20. The minimum Gasteiger partial charge on any atom is -0.465 e. The Morgan fingerprint density at radius 2 is 2.40 bits per heavy atom. The lowest BCUT2D eigenvalue weighted by molar-refractivity contribution is 0.0603. The lowest BCUT2D eigenvalue weighted by Crippen LogP contribution is -2.01. The molecule has 5 nitrogen and oxygen atoms in total. The second-order valence-corrected chi connectivity index (χ2v) is 2.90. The van der Waals surface area contributed by atoms with Gasteiger partial charge in [0.25, 0.3) is 0 Å². The Morgan fingerprint density at radius 3 is 3.07 bits per heavy atom. The van der Waals surface area contributed by atoms with Crippen molar-refractivity contribution in [3.63, 3.8) is 0 Å². The number of esters is 1. The summed E-state index contributed by atoms with van der Waals surface area (Å²) >= 11 is 0. The molecule has 1 aromatic carbocycles. The van der Waals surface area contributed by atoms with E-state index >= 15 is 0 Å². The first-order valence-corrected chi connectivity index (χ1v) is 4.23. The van der Waals surface area contributed by atoms with E-state index in [-0.39, 0.29) is 5.69 Å². The molecule has 74 valence electrons. The molecule has 0 spiro atoms. The maximum Gasteiger partial charge on any atom is 0.338 e. The van der Waals surface area contributed by atoms with Gasteiger partial charge in [0.15, 0.2) is 5.69 Å². The van der Waals surface area contributed by atoms with Crippen LogP contribution in [-0.2, 0) is 4.74 Å². The van der Waals surface area contributed by atoms with Crippen molar-refractivity contribution in [3.8, 4) is 6.07 Å². The van der Waals surface area contributed by atoms with Gasteiger partial charge in [-0.05, 0) is 12.1 Å². The highest BCUT2D eigenvalue weighted by atomic mass is 16.5. The third-order valence-electron chi connectivity index (χ3n) is 2.10. The summed E-state index contributed by atoms with van der Waals surface area (Å²) in [6.07, 6.45) is 0. The van der Waals surface area contributed by atoms with Gasteiger partial charge in [-0.2, -0.15) is 10.4 Å². The first kappa shape index (κ1) is 9.21. The van der Waals surface area contributed by atoms with Crippen molar-refractivity contribution in [2.24, 2.45) is 0 Å². The van der Waals surface area contributed by atoms with Gasteiger partial charge in [0.2, 0.25) is 0 Å². The zero-order valence-electron chi connectivity index (χ0n) is 7.94. The monoisotopic (exact) mass is 201 g/mol. The number of aromatic nitrogens is 2. The number of aromatic amines is 1. The van der Waals surface area contributed by atoms with Crippen molar-refractivity contribution < 1.29 is 9.53 Å². The van der Waals surface area contributed by atoms with E-state index in [9.17, 15) is 4.79 Å². The van der Waals surface area contributed by atoms with E-state index in [1.165, 1.54) is 7.11 Å². The highest BCUT2D eigenvalue weighted by Gasteiger charge is 2.15. The molecule has 0 bridgehead atoms. The first-order chi connectivity index (χ1) is 7.27. The summed E-state index contributed by atoms with van der Waals surface area (Å²) in [5.74, 6) is -0.474. The van der Waals surface area contributed by atoms with Gasteiger partial charge < -0.3 is 4.74 Å². The normalized spacial score (nSPS) is 9.87. The van der Waals surface area contributed by atoms with E-state index in [4.69, 9.17) is 5.26 Å². The van der Waals surface area contributed by atoms with Gasteiger partial charge in [-0.3, -0.25) is 5.10 Å². The van der Waals surface area contributed by atoms with Crippen LogP contribution < -0.4 is 0 Å². The summed E-state index contributed by atoms with van der Waals surface area (Å²) in [4.78, 5) is 11.4. The van der Waals surface area contributed by atoms with Crippen LogP contribution in [0.3, 0.4) is 0 Å². The summed E-state index contributed by atoms with van der Waals surface area (Å²) in [6, 6.07) is 6.97. The third kappa shape index (κ3) is 1.32. The van der Waals surface area contributed by atoms with Gasteiger partial charge in [0.05, 0.1) is 23.6 Å². The Kier molecular flexibility index (Phi) is 2.10. The Labute approximate surface area is 85.3 Å². The van der Waals surface area contributed by atoms with Crippen LogP contribution >= 0.6 is 0 Å². The quantitative estimate of drug-likeness (QED) is 0.703. The number of nitrogens with one attached hydrogen (secondary N) is 1. The van der Waals surface area contributed by atoms with Gasteiger partial charge >= 0.3 is 5.97 Å². The van der Waals surface area contributed by atoms with Crippen LogP contribution in [0.25, 0.3) is 10.9 Å². The van der Waals surface area contributed by atoms with E-state index in [2.05, 4.69) is 14.9 Å². The molecular formula is C10H7N3O2. The smallest absolute Gasteiger partial charge is 0.338 e. The van der Waals surface area contributed by atoms with E-state index in [0.29, 0.717) is 16.5 Å². The number of carbonyl (C=O) groups is 1. The fraction of sp³-hybridized carbons (Fsp3) is 0.100. The molecule has 0 saturated heterocycles. The number of fused-ring (bicyclic) bond motifs is 1. The number of carbonyl (C=O) groups excluding carboxylic acids is 1. The number of methoxy groups -OCH3 is 1. The molecule has 0 aliphatic heterocycles. The van der Waals surface area contributed by atoms with Crippen molar-refractivity contribution in [1.29, 1.82) is 5.26 Å². The predicted octanol–water partition coefficient (Wildman–Crippen LogP) is 1.22. The topological polar surface area (TPSA) is 78.8 Å². The molecule has 0 unspecified atom stereocenters. The molecule has 0 atom stereocenters. The fourth-order valence-electron chi connectivity index (χ4n) is 1.43. The Morgan fingerprint density at radius 1 is 1.60 bits per heavy atom. The largest absolute Gasteiger partial charge is 0.465 e. The van der Waals surface area contributed by atoms with Crippen LogP contribution in [0.4, 0.5) is 0 Å². The van der Waals surface area contributed by atoms with E-state index < -0.39 is 5.97 Å². The molecule has 1 N–H and O–H groups in total. The maximum absolute atomic E-state index is 11.4. The second kappa shape index (κ2) is 3.42. The summed E-state index contributed by atoms with van der Waals surface area (Å²) in [7, 11) is 1.30. The zero-order chi connectivity index (χ0) is 10.8. The molecule has 2 rings (SSSR count). The van der Waals surface area contributed by atoms with Crippen LogP contribution in [0.1, 0.15) is 16.1 Å². The number of ether oxygens (including phenoxy) is 1. The number of hydrogen-bond donors (Lipinski definition) is 1. The Balaban J connectivity index is 2.79. The summed E-state index contributed by atoms with van der Waals surface area (Å²) in [5.41, 5.74) is 1.20. The van der Waals surface area contributed by atoms with Crippen LogP contribution in [0, 0.1) is 11.3 Å². The molecule has 1 heterocycles. The Bertz CT molecular complexity index is 566. The van der Waals surface area contributed by atoms with Crippen LogP contribution in [-0.4, -0.2) is 23.3 Å². The molecule has 0 amide bonds. The average Bonchev–Trinajstić information content (AvgIpc) is 2.70. The van der Waals surface area contributed by atoms with Crippen molar-refractivity contribution in [2.45, 2.75) is 0 Å². The molecule has 5 heteroatoms. The zero-order valence-corrected chi connectivity index (χ0v) is 7.94. The molecule has 15 heavy (non-hydrogen) atoms. The molecule has 2 aromatic rings. The number of H-pyrrole nitrogens is 1. The molecule has 0 saturated carbocycles. The first-order valence-electron chi connectivity index (χ1n) is 4.23. The standard InChI is InChI=1S/C10H7N3O2/c1-15-10(14)6-3-2-4-7-9(6)8(5-11)13-12-7/h2-4H,1H3,(H,12,13). The van der Waals surface area contributed by atoms with Gasteiger partial charge in [-0.15, -0.1) is 0 Å². The number of rotatable bonds is 1. The van der Waals surface area contributed by atoms with Gasteiger partial charge in [-0.25, -0.2) is 4.79 Å². The molecule has 0 aliphatic carbocycles. The maximum atomic E-state index is 11.4. The summed E-state index contributed by atoms with van der Waals surface area (Å²) in [6.45, 7) is 0. The van der Waals surface area contributed by atoms with E-state index in [0.717, 1.165) is 0 Å². The lowest BCUT2D eigenvalue weighted by Gasteiger charge is -1.99. The van der Waals surface area contributed by atoms with E-state index in [1.807, 2.05) is 6.07 Å². The minimum absolute atomic E-state index is 0.200. The fourth-order valence-corrected chi connectivity index (χ4v) is 1.43. The number of hydrogen-bond acceptors (Lipinski definition) is 4. The summed E-state index contributed by atoms with van der Waals surface area (Å²) < 4.78 is 4.62. The molecule has 0 aliphatic rings. The highest BCUT2D eigenvalue weighted by molar-refractivity contribution is 6.05. The lowest BCUT2D eigenvalue weighted by atomic mass is 10.1. The molecule has 0 fully saturated rings. The van der Waals surface area contributed by atoms with Crippen molar-refractivity contribution in [1.82, 2.24) is 10.2 Å². The molecule has 1 aromatic heterocycles. The van der Waals surface area contributed by atoms with Gasteiger partial charge in [0.1, 0.15) is 6.07 Å². The third-order valence-corrected chi connectivity index (χ3v) is 2.10. The average molecular weight is 201 g/mol. The van der Waals surface area contributed by atoms with E-state index in [1.54, 1.807) is 18.2 Å². The number of nitriles is 1. The number of nitrogens with zero attached hydrogens (tertiary/aromatic N) is 2. The minimum atomic E-state index is -0.474. The number of benzene rings is 1. The van der Waals surface area contributed by atoms with Crippen molar-refractivity contribution in [3.05, 3.63) is 29.5 Å². The molecule has 0 radical (unpaired) electrons. The van der Waals surface area contributed by atoms with Crippen LogP contribution in [0.15, 0.2) is 18.2 Å². The predicted molar refractivity (Wildman–Crippen MR) is 52.1 cm³/mol. The summed E-state index contributed by atoms with van der Waals surface area (Å²) in [5, 5.41) is 15.8.